The second-order valence-corrected chi connectivity index (χ2v) is 11.9. The van der Waals surface area contributed by atoms with Crippen molar-refractivity contribution in [3.8, 4) is 5.75 Å². The van der Waals surface area contributed by atoms with Gasteiger partial charge in [0.25, 0.3) is 11.8 Å². The van der Waals surface area contributed by atoms with Crippen molar-refractivity contribution in [2.24, 2.45) is 5.41 Å². The number of ether oxygens (including phenoxy) is 1. The third-order valence-electron chi connectivity index (χ3n) is 7.94. The van der Waals surface area contributed by atoms with Crippen LogP contribution in [-0.4, -0.2) is 17.6 Å². The molecule has 6 rings (SSSR count). The third-order valence-corrected chi connectivity index (χ3v) is 7.94. The Morgan fingerprint density at radius 2 is 1.70 bits per heavy atom. The number of amides is 1. The number of carbonyl (C=O) groups is 1. The van der Waals surface area contributed by atoms with E-state index in [2.05, 4.69) is 5.32 Å². The first-order valence-corrected chi connectivity index (χ1v) is 14.2. The maximum Gasteiger partial charge on any atom is 0.277 e. The molecule has 2 heterocycles. The molecule has 0 aliphatic carbocycles. The van der Waals surface area contributed by atoms with Crippen molar-refractivity contribution in [3.63, 3.8) is 0 Å². The maximum atomic E-state index is 16.2. The lowest BCUT2D eigenvalue weighted by Crippen LogP contribution is -2.39. The normalized spacial score (nSPS) is 17.6. The van der Waals surface area contributed by atoms with E-state index in [1.807, 2.05) is 13.8 Å². The summed E-state index contributed by atoms with van der Waals surface area (Å²) in [6.45, 7) is 4.15. The SMILES string of the molecule is CC1(C)COC2=C(C1)Nc1c(O)cccc1N(C(=O)c1ccccc1F)C2c1ccc(C(F)(F)Cc2ccccc2)cc1F. The minimum Gasteiger partial charge on any atom is -0.506 e. The van der Waals surface area contributed by atoms with Gasteiger partial charge in [0, 0.05) is 23.0 Å². The predicted octanol–water partition coefficient (Wildman–Crippen LogP) is 8.48. The smallest absolute Gasteiger partial charge is 0.277 e. The van der Waals surface area contributed by atoms with Crippen LogP contribution < -0.4 is 10.2 Å². The number of carbonyl (C=O) groups excluding carboxylic acids is 1. The number of benzene rings is 4. The minimum atomic E-state index is -3.39. The highest BCUT2D eigenvalue weighted by atomic mass is 19.3. The van der Waals surface area contributed by atoms with Gasteiger partial charge in [0.1, 0.15) is 34.9 Å². The summed E-state index contributed by atoms with van der Waals surface area (Å²) >= 11 is 0. The van der Waals surface area contributed by atoms with Crippen molar-refractivity contribution in [1.82, 2.24) is 0 Å². The van der Waals surface area contributed by atoms with Crippen molar-refractivity contribution < 1.29 is 32.2 Å². The second kappa shape index (κ2) is 11.0. The lowest BCUT2D eigenvalue weighted by Gasteiger charge is -2.38. The van der Waals surface area contributed by atoms with Crippen molar-refractivity contribution in [2.75, 3.05) is 16.8 Å². The Labute approximate surface area is 252 Å². The Morgan fingerprint density at radius 1 is 0.977 bits per heavy atom. The molecule has 226 valence electrons. The van der Waals surface area contributed by atoms with Gasteiger partial charge in [-0.15, -0.1) is 0 Å². The molecule has 1 amide bonds. The summed E-state index contributed by atoms with van der Waals surface area (Å²) in [5.74, 6) is -6.03. The van der Waals surface area contributed by atoms with E-state index >= 15 is 17.6 Å². The molecule has 0 saturated heterocycles. The van der Waals surface area contributed by atoms with Crippen molar-refractivity contribution >= 4 is 17.3 Å². The van der Waals surface area contributed by atoms with Gasteiger partial charge in [0.2, 0.25) is 0 Å². The molecule has 4 aromatic carbocycles. The highest BCUT2D eigenvalue weighted by Gasteiger charge is 2.44. The first-order valence-electron chi connectivity index (χ1n) is 14.2. The fourth-order valence-electron chi connectivity index (χ4n) is 5.79. The van der Waals surface area contributed by atoms with Crippen molar-refractivity contribution in [3.05, 3.63) is 136 Å². The molecule has 4 aromatic rings. The lowest BCUT2D eigenvalue weighted by molar-refractivity contribution is -0.00417. The van der Waals surface area contributed by atoms with Crippen LogP contribution in [0.5, 0.6) is 5.75 Å². The molecule has 2 aliphatic heterocycles. The molecule has 9 heteroatoms. The third kappa shape index (κ3) is 5.38. The maximum absolute atomic E-state index is 16.2. The Kier molecular flexibility index (Phi) is 7.35. The minimum absolute atomic E-state index is 0.126. The highest BCUT2D eigenvalue weighted by molar-refractivity contribution is 6.09. The van der Waals surface area contributed by atoms with Gasteiger partial charge in [-0.3, -0.25) is 9.69 Å². The van der Waals surface area contributed by atoms with E-state index in [1.54, 1.807) is 30.3 Å². The summed E-state index contributed by atoms with van der Waals surface area (Å²) in [5, 5.41) is 14.1. The average Bonchev–Trinajstić information content (AvgIpc) is 3.11. The monoisotopic (exact) mass is 602 g/mol. The number of hydrogen-bond donors (Lipinski definition) is 2. The molecular weight excluding hydrogens is 572 g/mol. The number of halogens is 4. The van der Waals surface area contributed by atoms with Crippen LogP contribution >= 0.6 is 0 Å². The standard InChI is InChI=1S/C35H30F4N2O3/c1-34(2)19-27-32(44-20-34)31(23-16-15-22(17-26(23)37)35(38,39)18-21-9-4-3-5-10-21)41(28-13-8-14-29(42)30(28)40-27)33(43)24-11-6-7-12-25(24)36/h3-17,31,40,42H,18-20H2,1-2H3. The number of phenolic OH excluding ortho intramolecular Hbond substituents is 1. The van der Waals surface area contributed by atoms with E-state index < -0.39 is 41.5 Å². The topological polar surface area (TPSA) is 61.8 Å². The zero-order valence-electron chi connectivity index (χ0n) is 24.1. The number of para-hydroxylation sites is 1. The van der Waals surface area contributed by atoms with Gasteiger partial charge in [-0.1, -0.05) is 74.5 Å². The number of aromatic hydroxyl groups is 1. The Morgan fingerprint density at radius 3 is 2.43 bits per heavy atom. The molecule has 2 aliphatic rings. The van der Waals surface area contributed by atoms with Gasteiger partial charge in [0.15, 0.2) is 0 Å². The molecule has 1 atom stereocenters. The summed E-state index contributed by atoms with van der Waals surface area (Å²) in [5.41, 5.74) is -0.152. The lowest BCUT2D eigenvalue weighted by atomic mass is 9.85. The van der Waals surface area contributed by atoms with E-state index in [9.17, 15) is 9.90 Å². The second-order valence-electron chi connectivity index (χ2n) is 11.9. The van der Waals surface area contributed by atoms with Crippen LogP contribution in [0.4, 0.5) is 28.9 Å². The number of fused-ring (bicyclic) bond motifs is 1. The van der Waals surface area contributed by atoms with Crippen LogP contribution in [0.1, 0.15) is 53.4 Å². The fourth-order valence-corrected chi connectivity index (χ4v) is 5.79. The van der Waals surface area contributed by atoms with Gasteiger partial charge < -0.3 is 15.2 Å². The van der Waals surface area contributed by atoms with Crippen LogP contribution in [0.25, 0.3) is 0 Å². The average molecular weight is 603 g/mol. The molecule has 0 spiro atoms. The predicted molar refractivity (Wildman–Crippen MR) is 159 cm³/mol. The summed E-state index contributed by atoms with van der Waals surface area (Å²) in [7, 11) is 0. The Balaban J connectivity index is 1.54. The van der Waals surface area contributed by atoms with Crippen LogP contribution in [0.15, 0.2) is 102 Å². The summed E-state index contributed by atoms with van der Waals surface area (Å²) in [4.78, 5) is 15.4. The van der Waals surface area contributed by atoms with E-state index in [-0.39, 0.29) is 46.0 Å². The molecule has 0 aromatic heterocycles. The Hall–Kier alpha value is -4.79. The zero-order chi connectivity index (χ0) is 31.2. The molecule has 44 heavy (non-hydrogen) atoms. The Bertz CT molecular complexity index is 1770. The molecule has 0 fully saturated rings. The molecule has 2 N–H and O–H groups in total. The van der Waals surface area contributed by atoms with Gasteiger partial charge >= 0.3 is 0 Å². The quantitative estimate of drug-likeness (QED) is 0.178. The number of allylic oxidation sites excluding steroid dienone is 1. The van der Waals surface area contributed by atoms with Crippen LogP contribution in [0, 0.1) is 17.0 Å². The number of alkyl halides is 2. The molecule has 0 radical (unpaired) electrons. The number of rotatable bonds is 5. The number of anilines is 2. The molecule has 1 unspecified atom stereocenters. The first kappa shape index (κ1) is 29.3. The molecular formula is C35H30F4N2O3. The fraction of sp³-hybridized carbons (Fsp3) is 0.229. The van der Waals surface area contributed by atoms with E-state index in [4.69, 9.17) is 4.74 Å². The van der Waals surface area contributed by atoms with Crippen LogP contribution in [0.2, 0.25) is 0 Å². The molecule has 0 bridgehead atoms. The summed E-state index contributed by atoms with van der Waals surface area (Å²) in [6.07, 6.45) is -0.221. The summed E-state index contributed by atoms with van der Waals surface area (Å²) in [6, 6.07) is 19.9. The summed E-state index contributed by atoms with van der Waals surface area (Å²) < 4.78 is 68.3. The zero-order valence-corrected chi connectivity index (χ0v) is 24.1. The van der Waals surface area contributed by atoms with E-state index in [1.165, 1.54) is 42.5 Å². The van der Waals surface area contributed by atoms with Crippen molar-refractivity contribution in [1.29, 1.82) is 0 Å². The molecule has 5 nitrogen and oxygen atoms in total. The van der Waals surface area contributed by atoms with Gasteiger partial charge in [-0.05, 0) is 42.3 Å². The van der Waals surface area contributed by atoms with Crippen LogP contribution in [0.3, 0.4) is 0 Å². The van der Waals surface area contributed by atoms with Crippen LogP contribution in [-0.2, 0) is 17.1 Å². The van der Waals surface area contributed by atoms with Gasteiger partial charge in [0.05, 0.1) is 23.6 Å². The van der Waals surface area contributed by atoms with E-state index in [0.29, 0.717) is 17.7 Å². The number of hydrogen-bond acceptors (Lipinski definition) is 4. The van der Waals surface area contributed by atoms with Gasteiger partial charge in [-0.25, -0.2) is 17.6 Å². The number of nitrogens with zero attached hydrogens (tertiary/aromatic N) is 1. The van der Waals surface area contributed by atoms with Gasteiger partial charge in [-0.2, -0.15) is 0 Å². The highest BCUT2D eigenvalue weighted by Crippen LogP contribution is 2.50. The van der Waals surface area contributed by atoms with Crippen molar-refractivity contribution in [2.45, 2.75) is 38.7 Å². The van der Waals surface area contributed by atoms with E-state index in [0.717, 1.165) is 23.1 Å². The number of phenols is 1. The first-order chi connectivity index (χ1) is 20.9. The number of nitrogens with one attached hydrogen (secondary N) is 1. The largest absolute Gasteiger partial charge is 0.506 e. The molecule has 0 saturated carbocycles.